The van der Waals surface area contributed by atoms with Gasteiger partial charge in [-0.05, 0) is 32.3 Å². The maximum Gasteiger partial charge on any atom is 0.511 e. The van der Waals surface area contributed by atoms with Crippen molar-refractivity contribution in [1.29, 1.82) is 0 Å². The summed E-state index contributed by atoms with van der Waals surface area (Å²) in [5.41, 5.74) is -3.51. The number of aliphatic imine (C=N–C) groups is 1. The Morgan fingerprint density at radius 1 is 1.34 bits per heavy atom. The van der Waals surface area contributed by atoms with Crippen molar-refractivity contribution in [2.75, 3.05) is 26.2 Å². The van der Waals surface area contributed by atoms with E-state index in [9.17, 15) is 26.7 Å². The van der Waals surface area contributed by atoms with Crippen molar-refractivity contribution in [2.45, 2.75) is 44.3 Å². The molecule has 0 bridgehead atoms. The molecule has 1 aliphatic rings. The molecule has 0 aliphatic carbocycles. The van der Waals surface area contributed by atoms with E-state index in [2.05, 4.69) is 15.6 Å². The van der Waals surface area contributed by atoms with Crippen LogP contribution in [-0.2, 0) is 10.0 Å². The van der Waals surface area contributed by atoms with Crippen LogP contribution >= 0.6 is 0 Å². The van der Waals surface area contributed by atoms with Crippen LogP contribution in [0.5, 0.6) is 0 Å². The van der Waals surface area contributed by atoms with Crippen LogP contribution in [0.15, 0.2) is 29.3 Å². The van der Waals surface area contributed by atoms with Gasteiger partial charge in [0.25, 0.3) is 0 Å². The number of aryl methyl sites for hydroxylation is 1. The minimum absolute atomic E-state index is 0.111. The molecule has 1 aromatic carbocycles. The van der Waals surface area contributed by atoms with Crippen molar-refractivity contribution < 1.29 is 26.7 Å². The van der Waals surface area contributed by atoms with Gasteiger partial charge < -0.3 is 15.7 Å². The first-order valence-corrected chi connectivity index (χ1v) is 10.8. The number of nitrogens with one attached hydrogen (secondary N) is 2. The van der Waals surface area contributed by atoms with E-state index in [1.165, 1.54) is 0 Å². The van der Waals surface area contributed by atoms with E-state index in [0.29, 0.717) is 16.8 Å². The average molecular weight is 437 g/mol. The van der Waals surface area contributed by atoms with Crippen molar-refractivity contribution in [3.63, 3.8) is 0 Å². The van der Waals surface area contributed by atoms with Gasteiger partial charge in [0.2, 0.25) is 0 Å². The summed E-state index contributed by atoms with van der Waals surface area (Å²) in [5.74, 6) is 0.427. The van der Waals surface area contributed by atoms with Gasteiger partial charge in [-0.2, -0.15) is 17.5 Å². The van der Waals surface area contributed by atoms with E-state index < -0.39 is 21.6 Å². The molecule has 0 saturated carbocycles. The van der Waals surface area contributed by atoms with E-state index in [-0.39, 0.29) is 38.5 Å². The van der Waals surface area contributed by atoms with Crippen molar-refractivity contribution in [1.82, 2.24) is 14.9 Å². The Hall–Kier alpha value is -1.85. The molecule has 1 saturated heterocycles. The maximum absolute atomic E-state index is 12.7. The van der Waals surface area contributed by atoms with Gasteiger partial charge in [-0.3, -0.25) is 4.99 Å². The molecule has 1 unspecified atom stereocenters. The van der Waals surface area contributed by atoms with Gasteiger partial charge in [-0.15, -0.1) is 0 Å². The maximum atomic E-state index is 12.7. The summed E-state index contributed by atoms with van der Waals surface area (Å²) >= 11 is 0. The number of aliphatic hydroxyl groups excluding tert-OH is 1. The third-order valence-corrected chi connectivity index (χ3v) is 6.25. The van der Waals surface area contributed by atoms with Gasteiger partial charge in [-0.25, -0.2) is 8.42 Å². The number of guanidine groups is 1. The second-order valence-electron chi connectivity index (χ2n) is 6.92. The monoisotopic (exact) mass is 436 g/mol. The van der Waals surface area contributed by atoms with Crippen LogP contribution in [0.2, 0.25) is 0 Å². The zero-order valence-corrected chi connectivity index (χ0v) is 17.2. The lowest BCUT2D eigenvalue weighted by molar-refractivity contribution is -0.0494. The molecule has 1 fully saturated rings. The predicted octanol–water partition coefficient (Wildman–Crippen LogP) is 1.90. The van der Waals surface area contributed by atoms with Crippen LogP contribution in [0.25, 0.3) is 0 Å². The van der Waals surface area contributed by atoms with Gasteiger partial charge >= 0.3 is 15.5 Å². The Kier molecular flexibility index (Phi) is 7.89. The number of sulfonamides is 1. The number of hydrogen-bond donors (Lipinski definition) is 3. The molecule has 0 aromatic heterocycles. The molecular weight excluding hydrogens is 409 g/mol. The topological polar surface area (TPSA) is 94.0 Å². The number of halogens is 3. The Morgan fingerprint density at radius 2 is 2.00 bits per heavy atom. The fourth-order valence-corrected chi connectivity index (χ4v) is 4.05. The minimum Gasteiger partial charge on any atom is -0.386 e. The first-order chi connectivity index (χ1) is 13.5. The van der Waals surface area contributed by atoms with Crippen molar-refractivity contribution in [2.24, 2.45) is 4.99 Å². The van der Waals surface area contributed by atoms with Crippen LogP contribution < -0.4 is 10.6 Å². The first kappa shape index (κ1) is 23.4. The van der Waals surface area contributed by atoms with E-state index in [0.717, 1.165) is 11.1 Å². The lowest BCUT2D eigenvalue weighted by atomic mass is 10.1. The minimum atomic E-state index is -5.29. The van der Waals surface area contributed by atoms with Crippen LogP contribution in [0.3, 0.4) is 0 Å². The zero-order valence-electron chi connectivity index (χ0n) is 16.4. The van der Waals surface area contributed by atoms with Gasteiger partial charge in [-0.1, -0.05) is 29.8 Å². The second-order valence-corrected chi connectivity index (χ2v) is 8.85. The lowest BCUT2D eigenvalue weighted by Gasteiger charge is -2.32. The fourth-order valence-electron chi connectivity index (χ4n) is 3.06. The van der Waals surface area contributed by atoms with Crippen molar-refractivity contribution in [3.05, 3.63) is 35.4 Å². The van der Waals surface area contributed by atoms with Gasteiger partial charge in [0.15, 0.2) is 5.96 Å². The highest BCUT2D eigenvalue weighted by atomic mass is 32.2. The molecule has 7 nitrogen and oxygen atoms in total. The summed E-state index contributed by atoms with van der Waals surface area (Å²) in [6.45, 7) is 4.03. The quantitative estimate of drug-likeness (QED) is 0.468. The molecule has 0 amide bonds. The Bertz CT molecular complexity index is 807. The lowest BCUT2D eigenvalue weighted by Crippen LogP contribution is -2.51. The number of alkyl halides is 3. The molecule has 0 spiro atoms. The largest absolute Gasteiger partial charge is 0.511 e. The van der Waals surface area contributed by atoms with E-state index in [4.69, 9.17) is 0 Å². The third kappa shape index (κ3) is 6.31. The highest BCUT2D eigenvalue weighted by molar-refractivity contribution is 7.90. The SMILES string of the molecule is CCNC(=NCC(O)c1cccc(C)c1)NC1CCN(S(=O)(=O)C(F)(F)F)CC1. The van der Waals surface area contributed by atoms with Crippen LogP contribution in [0, 0.1) is 6.92 Å². The Balaban J connectivity index is 1.95. The molecule has 3 N–H and O–H groups in total. The number of hydrogen-bond acceptors (Lipinski definition) is 4. The Morgan fingerprint density at radius 3 is 2.55 bits per heavy atom. The molecule has 1 atom stereocenters. The molecule has 29 heavy (non-hydrogen) atoms. The molecule has 2 rings (SSSR count). The summed E-state index contributed by atoms with van der Waals surface area (Å²) < 4.78 is 61.5. The summed E-state index contributed by atoms with van der Waals surface area (Å²) in [6.07, 6.45) is -0.343. The zero-order chi connectivity index (χ0) is 21.7. The Labute approximate surface area is 169 Å². The van der Waals surface area contributed by atoms with Crippen LogP contribution in [0.4, 0.5) is 13.2 Å². The summed E-state index contributed by atoms with van der Waals surface area (Å²) in [7, 11) is -5.29. The van der Waals surface area contributed by atoms with E-state index in [1.807, 2.05) is 38.1 Å². The summed E-state index contributed by atoms with van der Waals surface area (Å²) in [6, 6.07) is 7.24. The number of rotatable bonds is 6. The number of benzene rings is 1. The van der Waals surface area contributed by atoms with Crippen LogP contribution in [-0.4, -0.2) is 61.5 Å². The van der Waals surface area contributed by atoms with E-state index in [1.54, 1.807) is 0 Å². The molecule has 164 valence electrons. The standard InChI is InChI=1S/C18H27F3N4O3S/c1-3-22-17(23-12-16(26)14-6-4-5-13(2)11-14)24-15-7-9-25(10-8-15)29(27,28)18(19,20)21/h4-6,11,15-16,26H,3,7-10,12H2,1-2H3,(H2,22,23,24). The van der Waals surface area contributed by atoms with Gasteiger partial charge in [0.05, 0.1) is 12.6 Å². The van der Waals surface area contributed by atoms with Crippen molar-refractivity contribution >= 4 is 16.0 Å². The number of nitrogens with zero attached hydrogens (tertiary/aromatic N) is 2. The second kappa shape index (κ2) is 9.77. The highest BCUT2D eigenvalue weighted by Gasteiger charge is 2.50. The smallest absolute Gasteiger partial charge is 0.386 e. The van der Waals surface area contributed by atoms with Gasteiger partial charge in [0.1, 0.15) is 0 Å². The molecular formula is C18H27F3N4O3S. The van der Waals surface area contributed by atoms with E-state index >= 15 is 0 Å². The van der Waals surface area contributed by atoms with Crippen LogP contribution in [0.1, 0.15) is 37.0 Å². The average Bonchev–Trinajstić information content (AvgIpc) is 2.65. The number of piperidine rings is 1. The molecule has 0 radical (unpaired) electrons. The molecule has 1 heterocycles. The molecule has 1 aliphatic heterocycles. The third-order valence-electron chi connectivity index (χ3n) is 4.62. The van der Waals surface area contributed by atoms with Crippen molar-refractivity contribution in [3.8, 4) is 0 Å². The first-order valence-electron chi connectivity index (χ1n) is 9.40. The molecule has 1 aromatic rings. The summed E-state index contributed by atoms with van der Waals surface area (Å²) in [4.78, 5) is 4.35. The fraction of sp³-hybridized carbons (Fsp3) is 0.611. The molecule has 11 heteroatoms. The summed E-state index contributed by atoms with van der Waals surface area (Å²) in [5, 5.41) is 16.5. The number of aliphatic hydroxyl groups is 1. The highest BCUT2D eigenvalue weighted by Crippen LogP contribution is 2.28. The normalized spacial score (nSPS) is 18.5. The van der Waals surface area contributed by atoms with Gasteiger partial charge in [0, 0.05) is 25.7 Å². The predicted molar refractivity (Wildman–Crippen MR) is 105 cm³/mol.